The van der Waals surface area contributed by atoms with Gasteiger partial charge in [-0.2, -0.15) is 4.57 Å². The molecule has 0 amide bonds. The second-order valence-corrected chi connectivity index (χ2v) is 7.80. The standard InChI is InChI=1S/C23H27N3S/c1-24(2)22-11-9-20(10-12-22)7-8-21-13-16-26(17-14-21)18-19-27-23-6-4-5-15-25(23)3/h4-17H,18-19H2,1-3H3/q+2. The highest BCUT2D eigenvalue weighted by atomic mass is 32.2. The van der Waals surface area contributed by atoms with Gasteiger partial charge >= 0.3 is 0 Å². The molecule has 0 atom stereocenters. The molecule has 0 fully saturated rings. The van der Waals surface area contributed by atoms with Crippen LogP contribution in [-0.2, 0) is 13.6 Å². The largest absolute Gasteiger partial charge is 0.378 e. The SMILES string of the molecule is CN(C)c1ccc(/C=C/c2cc[n+](CCSc3cccc[n+]3C)cc2)cc1. The molecular weight excluding hydrogens is 350 g/mol. The van der Waals surface area contributed by atoms with Crippen molar-refractivity contribution in [3.8, 4) is 0 Å². The Morgan fingerprint density at radius 3 is 2.15 bits per heavy atom. The van der Waals surface area contributed by atoms with Crippen molar-refractivity contribution in [3.63, 3.8) is 0 Å². The van der Waals surface area contributed by atoms with E-state index in [4.69, 9.17) is 0 Å². The van der Waals surface area contributed by atoms with E-state index in [1.54, 1.807) is 0 Å². The Labute approximate surface area is 166 Å². The molecule has 0 unspecified atom stereocenters. The number of hydrogen-bond donors (Lipinski definition) is 0. The number of anilines is 1. The highest BCUT2D eigenvalue weighted by Gasteiger charge is 2.07. The number of nitrogens with zero attached hydrogens (tertiary/aromatic N) is 3. The van der Waals surface area contributed by atoms with Crippen molar-refractivity contribution in [2.45, 2.75) is 11.6 Å². The van der Waals surface area contributed by atoms with E-state index in [1.807, 2.05) is 11.8 Å². The van der Waals surface area contributed by atoms with Gasteiger partial charge in [-0.15, -0.1) is 0 Å². The van der Waals surface area contributed by atoms with E-state index in [2.05, 4.69) is 121 Å². The summed E-state index contributed by atoms with van der Waals surface area (Å²) in [4.78, 5) is 2.11. The summed E-state index contributed by atoms with van der Waals surface area (Å²) in [5.41, 5.74) is 3.64. The van der Waals surface area contributed by atoms with Crippen LogP contribution >= 0.6 is 11.8 Å². The molecule has 0 bridgehead atoms. The predicted octanol–water partition coefficient (Wildman–Crippen LogP) is 3.83. The zero-order valence-corrected chi connectivity index (χ0v) is 17.1. The lowest BCUT2D eigenvalue weighted by Gasteiger charge is -2.11. The van der Waals surface area contributed by atoms with Crippen molar-refractivity contribution < 1.29 is 9.13 Å². The summed E-state index contributed by atoms with van der Waals surface area (Å²) >= 11 is 1.88. The molecule has 3 nitrogen and oxygen atoms in total. The maximum absolute atomic E-state index is 2.24. The summed E-state index contributed by atoms with van der Waals surface area (Å²) in [5, 5.41) is 1.29. The van der Waals surface area contributed by atoms with Gasteiger partial charge < -0.3 is 4.90 Å². The molecule has 0 aliphatic carbocycles. The maximum atomic E-state index is 2.24. The van der Waals surface area contributed by atoms with Crippen LogP contribution in [0.2, 0.25) is 0 Å². The van der Waals surface area contributed by atoms with Crippen molar-refractivity contribution >= 4 is 29.6 Å². The molecule has 0 spiro atoms. The highest BCUT2D eigenvalue weighted by molar-refractivity contribution is 7.99. The Morgan fingerprint density at radius 1 is 0.852 bits per heavy atom. The van der Waals surface area contributed by atoms with Crippen LogP contribution in [0.4, 0.5) is 5.69 Å². The van der Waals surface area contributed by atoms with E-state index in [1.165, 1.54) is 21.8 Å². The van der Waals surface area contributed by atoms with Gasteiger partial charge in [0.25, 0.3) is 0 Å². The first kappa shape index (κ1) is 19.2. The summed E-state index contributed by atoms with van der Waals surface area (Å²) in [7, 11) is 6.20. The predicted molar refractivity (Wildman–Crippen MR) is 115 cm³/mol. The van der Waals surface area contributed by atoms with Crippen LogP contribution in [0.25, 0.3) is 12.2 Å². The van der Waals surface area contributed by atoms with Gasteiger partial charge in [0, 0.05) is 44.0 Å². The Bertz CT molecular complexity index is 884. The number of rotatable bonds is 7. The second-order valence-electron chi connectivity index (χ2n) is 6.69. The lowest BCUT2D eigenvalue weighted by Crippen LogP contribution is -2.35. The quantitative estimate of drug-likeness (QED) is 0.458. The zero-order valence-electron chi connectivity index (χ0n) is 16.2. The van der Waals surface area contributed by atoms with Crippen molar-refractivity contribution in [1.82, 2.24) is 0 Å². The van der Waals surface area contributed by atoms with E-state index >= 15 is 0 Å². The molecule has 138 valence electrons. The number of pyridine rings is 2. The average Bonchev–Trinajstić information content (AvgIpc) is 2.69. The molecule has 2 heterocycles. The van der Waals surface area contributed by atoms with Crippen LogP contribution in [0, 0.1) is 0 Å². The molecule has 0 aliphatic rings. The summed E-state index contributed by atoms with van der Waals surface area (Å²) < 4.78 is 4.40. The lowest BCUT2D eigenvalue weighted by atomic mass is 10.1. The van der Waals surface area contributed by atoms with Crippen molar-refractivity contribution in [2.24, 2.45) is 7.05 Å². The van der Waals surface area contributed by atoms with Crippen LogP contribution in [0.1, 0.15) is 11.1 Å². The second kappa shape index (κ2) is 9.38. The Morgan fingerprint density at radius 2 is 1.52 bits per heavy atom. The summed E-state index contributed by atoms with van der Waals surface area (Å²) in [6.45, 7) is 0.996. The minimum Gasteiger partial charge on any atom is -0.378 e. The number of benzene rings is 1. The lowest BCUT2D eigenvalue weighted by molar-refractivity contribution is -0.709. The van der Waals surface area contributed by atoms with Crippen molar-refractivity contribution in [3.05, 3.63) is 84.3 Å². The third-order valence-electron chi connectivity index (χ3n) is 4.40. The molecule has 0 aliphatic heterocycles. The average molecular weight is 378 g/mol. The fraction of sp³-hybridized carbons (Fsp3) is 0.217. The first-order valence-corrected chi connectivity index (χ1v) is 10.1. The Hall–Kier alpha value is -2.59. The number of aryl methyl sites for hydroxylation is 2. The van der Waals surface area contributed by atoms with E-state index < -0.39 is 0 Å². The highest BCUT2D eigenvalue weighted by Crippen LogP contribution is 2.14. The minimum atomic E-state index is 0.996. The van der Waals surface area contributed by atoms with Gasteiger partial charge in [-0.3, -0.25) is 0 Å². The fourth-order valence-corrected chi connectivity index (χ4v) is 3.67. The molecule has 2 aromatic heterocycles. The summed E-state index contributed by atoms with van der Waals surface area (Å²) in [6.07, 6.45) is 10.7. The fourth-order valence-electron chi connectivity index (χ4n) is 2.72. The first-order valence-electron chi connectivity index (χ1n) is 9.14. The molecule has 27 heavy (non-hydrogen) atoms. The van der Waals surface area contributed by atoms with E-state index in [0.29, 0.717) is 0 Å². The molecule has 0 radical (unpaired) electrons. The number of hydrogen-bond acceptors (Lipinski definition) is 2. The zero-order chi connectivity index (χ0) is 19.1. The van der Waals surface area contributed by atoms with Gasteiger partial charge in [0.15, 0.2) is 25.1 Å². The third kappa shape index (κ3) is 5.69. The molecule has 1 aromatic carbocycles. The van der Waals surface area contributed by atoms with Gasteiger partial charge in [0.05, 0.1) is 5.75 Å². The Kier molecular flexibility index (Phi) is 6.66. The van der Waals surface area contributed by atoms with Gasteiger partial charge in [0.1, 0.15) is 7.05 Å². The van der Waals surface area contributed by atoms with Crippen LogP contribution in [0.5, 0.6) is 0 Å². The molecule has 4 heteroatoms. The monoisotopic (exact) mass is 377 g/mol. The van der Waals surface area contributed by atoms with E-state index in [-0.39, 0.29) is 0 Å². The molecule has 0 N–H and O–H groups in total. The van der Waals surface area contributed by atoms with Crippen molar-refractivity contribution in [2.75, 3.05) is 24.7 Å². The first-order chi connectivity index (χ1) is 13.1. The minimum absolute atomic E-state index is 0.996. The third-order valence-corrected chi connectivity index (χ3v) is 5.51. The van der Waals surface area contributed by atoms with Crippen LogP contribution in [-0.4, -0.2) is 19.8 Å². The maximum Gasteiger partial charge on any atom is 0.240 e. The molecule has 3 aromatic rings. The van der Waals surface area contributed by atoms with Gasteiger partial charge in [-0.25, -0.2) is 4.57 Å². The molecule has 0 saturated carbocycles. The molecule has 3 rings (SSSR count). The van der Waals surface area contributed by atoms with E-state index in [9.17, 15) is 0 Å². The summed E-state index contributed by atoms with van der Waals surface area (Å²) in [5.74, 6) is 1.05. The molecular formula is C23H27N3S+2. The normalized spacial score (nSPS) is 11.1. The number of aromatic nitrogens is 2. The smallest absolute Gasteiger partial charge is 0.240 e. The Balaban J connectivity index is 1.53. The molecule has 0 saturated heterocycles. The van der Waals surface area contributed by atoms with Crippen molar-refractivity contribution in [1.29, 1.82) is 0 Å². The van der Waals surface area contributed by atoms with Crippen LogP contribution in [0.3, 0.4) is 0 Å². The van der Waals surface area contributed by atoms with Gasteiger partial charge in [0.2, 0.25) is 5.03 Å². The summed E-state index contributed by atoms with van der Waals surface area (Å²) in [6, 6.07) is 19.2. The van der Waals surface area contributed by atoms with E-state index in [0.717, 1.165) is 12.3 Å². The van der Waals surface area contributed by atoms with Crippen LogP contribution in [0.15, 0.2) is 78.2 Å². The van der Waals surface area contributed by atoms with Crippen LogP contribution < -0.4 is 14.0 Å². The topological polar surface area (TPSA) is 11.0 Å². The number of thioether (sulfide) groups is 1. The van der Waals surface area contributed by atoms with Gasteiger partial charge in [-0.05, 0) is 29.3 Å². The van der Waals surface area contributed by atoms with Gasteiger partial charge in [-0.1, -0.05) is 36.0 Å².